The fourth-order valence-electron chi connectivity index (χ4n) is 2.39. The monoisotopic (exact) mass is 326 g/mol. The van der Waals surface area contributed by atoms with Gasteiger partial charge in [-0.15, -0.1) is 0 Å². The number of carbonyl (C=O) groups excluding carboxylic acids is 1. The van der Waals surface area contributed by atoms with E-state index in [0.29, 0.717) is 29.5 Å². The first-order valence-corrected chi connectivity index (χ1v) is 7.79. The van der Waals surface area contributed by atoms with Crippen molar-refractivity contribution >= 4 is 28.6 Å². The molecule has 0 atom stereocenters. The summed E-state index contributed by atoms with van der Waals surface area (Å²) in [7, 11) is 0. The average Bonchev–Trinajstić information content (AvgIpc) is 2.98. The molecule has 3 rings (SSSR count). The summed E-state index contributed by atoms with van der Waals surface area (Å²) in [6, 6.07) is 7.02. The summed E-state index contributed by atoms with van der Waals surface area (Å²) in [4.78, 5) is 20.4. The number of aromatic nitrogens is 3. The third-order valence-electron chi connectivity index (χ3n) is 3.51. The minimum Gasteiger partial charge on any atom is -0.462 e. The zero-order valence-electron chi connectivity index (χ0n) is 13.8. The molecule has 24 heavy (non-hydrogen) atoms. The predicted molar refractivity (Wildman–Crippen MR) is 89.4 cm³/mol. The molecule has 7 nitrogen and oxygen atoms in total. The van der Waals surface area contributed by atoms with Gasteiger partial charge in [0.25, 0.3) is 5.71 Å². The van der Waals surface area contributed by atoms with Crippen LogP contribution < -0.4 is 5.32 Å². The minimum absolute atomic E-state index is 0.336. The normalized spacial score (nSPS) is 10.8. The van der Waals surface area contributed by atoms with E-state index in [0.717, 1.165) is 23.2 Å². The molecule has 0 radical (unpaired) electrons. The van der Waals surface area contributed by atoms with Crippen LogP contribution in [0.3, 0.4) is 0 Å². The maximum atomic E-state index is 11.7. The molecule has 0 unspecified atom stereocenters. The Morgan fingerprint density at radius 2 is 1.96 bits per heavy atom. The van der Waals surface area contributed by atoms with E-state index in [4.69, 9.17) is 9.26 Å². The second-order valence-electron chi connectivity index (χ2n) is 5.21. The van der Waals surface area contributed by atoms with E-state index in [1.54, 1.807) is 38.1 Å². The third-order valence-corrected chi connectivity index (χ3v) is 3.51. The first-order chi connectivity index (χ1) is 11.6. The number of nitrogens with one attached hydrogen (secondary N) is 1. The Morgan fingerprint density at radius 3 is 2.62 bits per heavy atom. The summed E-state index contributed by atoms with van der Waals surface area (Å²) >= 11 is 0. The number of anilines is 2. The fourth-order valence-corrected chi connectivity index (χ4v) is 2.39. The van der Waals surface area contributed by atoms with Crippen molar-refractivity contribution in [3.05, 3.63) is 41.3 Å². The molecule has 1 N–H and O–H groups in total. The molecule has 0 bridgehead atoms. The first kappa shape index (κ1) is 15.9. The number of hydrogen-bond donors (Lipinski definition) is 1. The number of nitrogens with zero attached hydrogens (tertiary/aromatic N) is 3. The van der Waals surface area contributed by atoms with Gasteiger partial charge in [0.05, 0.1) is 17.9 Å². The molecule has 0 aliphatic rings. The molecule has 1 aromatic carbocycles. The number of fused-ring (bicyclic) bond motifs is 1. The quantitative estimate of drug-likeness (QED) is 0.718. The lowest BCUT2D eigenvalue weighted by Gasteiger charge is -2.08. The molecule has 2 aromatic heterocycles. The molecule has 0 aliphatic carbocycles. The van der Waals surface area contributed by atoms with E-state index < -0.39 is 0 Å². The maximum Gasteiger partial charge on any atom is 0.338 e. The summed E-state index contributed by atoms with van der Waals surface area (Å²) < 4.78 is 10.3. The van der Waals surface area contributed by atoms with Crippen molar-refractivity contribution in [2.45, 2.75) is 27.2 Å². The highest BCUT2D eigenvalue weighted by Gasteiger charge is 2.15. The lowest BCUT2D eigenvalue weighted by atomic mass is 10.2. The van der Waals surface area contributed by atoms with Crippen LogP contribution in [0.25, 0.3) is 11.1 Å². The van der Waals surface area contributed by atoms with Gasteiger partial charge in [-0.1, -0.05) is 12.1 Å². The van der Waals surface area contributed by atoms with Crippen LogP contribution in [0.1, 0.15) is 35.7 Å². The van der Waals surface area contributed by atoms with Crippen LogP contribution in [-0.4, -0.2) is 27.7 Å². The number of carbonyl (C=O) groups is 1. The number of rotatable bonds is 5. The summed E-state index contributed by atoms with van der Waals surface area (Å²) in [5.41, 5.74) is 2.57. The predicted octanol–water partition coefficient (Wildman–Crippen LogP) is 3.41. The van der Waals surface area contributed by atoms with Crippen LogP contribution in [-0.2, 0) is 11.2 Å². The molecule has 0 aliphatic heterocycles. The van der Waals surface area contributed by atoms with E-state index >= 15 is 0 Å². The maximum absolute atomic E-state index is 11.7. The second-order valence-corrected chi connectivity index (χ2v) is 5.21. The molecular formula is C17H18N4O3. The average molecular weight is 326 g/mol. The molecule has 7 heteroatoms. The second kappa shape index (κ2) is 6.66. The van der Waals surface area contributed by atoms with Gasteiger partial charge in [0, 0.05) is 5.69 Å². The van der Waals surface area contributed by atoms with Crippen LogP contribution in [0.4, 0.5) is 11.5 Å². The van der Waals surface area contributed by atoms with Gasteiger partial charge in [0.2, 0.25) is 0 Å². The molecule has 124 valence electrons. The van der Waals surface area contributed by atoms with Crippen LogP contribution >= 0.6 is 0 Å². The number of hydrogen-bond acceptors (Lipinski definition) is 7. The zero-order chi connectivity index (χ0) is 17.1. The van der Waals surface area contributed by atoms with Gasteiger partial charge in [-0.2, -0.15) is 4.98 Å². The zero-order valence-corrected chi connectivity index (χ0v) is 13.8. The van der Waals surface area contributed by atoms with E-state index in [1.165, 1.54) is 0 Å². The highest BCUT2D eigenvalue weighted by molar-refractivity contribution is 5.91. The summed E-state index contributed by atoms with van der Waals surface area (Å²) in [6.45, 7) is 5.92. The number of ether oxygens (including phenoxy) is 1. The molecule has 0 saturated carbocycles. The lowest BCUT2D eigenvalue weighted by molar-refractivity contribution is 0.0526. The Hall–Kier alpha value is -2.96. The van der Waals surface area contributed by atoms with Crippen molar-refractivity contribution in [1.82, 2.24) is 15.1 Å². The van der Waals surface area contributed by atoms with Crippen molar-refractivity contribution < 1.29 is 14.1 Å². The van der Waals surface area contributed by atoms with Crippen molar-refractivity contribution in [3.8, 4) is 0 Å². The molecule has 0 fully saturated rings. The van der Waals surface area contributed by atoms with Crippen LogP contribution in [0, 0.1) is 6.92 Å². The summed E-state index contributed by atoms with van der Waals surface area (Å²) in [5, 5.41) is 8.06. The Kier molecular flexibility index (Phi) is 4.41. The van der Waals surface area contributed by atoms with E-state index in [-0.39, 0.29) is 5.97 Å². The first-order valence-electron chi connectivity index (χ1n) is 7.79. The standard InChI is InChI=1S/C17H18N4O3/c1-4-13-14-15(18-10(3)19-16(14)24-21-13)20-12-8-6-11(7-9-12)17(22)23-5-2/h6-9H,4-5H2,1-3H3,(H,18,19,20). The Balaban J connectivity index is 1.92. The van der Waals surface area contributed by atoms with Crippen LogP contribution in [0.2, 0.25) is 0 Å². The van der Waals surface area contributed by atoms with Gasteiger partial charge in [-0.25, -0.2) is 9.78 Å². The topological polar surface area (TPSA) is 90.1 Å². The Morgan fingerprint density at radius 1 is 1.21 bits per heavy atom. The highest BCUT2D eigenvalue weighted by atomic mass is 16.5. The fraction of sp³-hybridized carbons (Fsp3) is 0.294. The minimum atomic E-state index is -0.336. The summed E-state index contributed by atoms with van der Waals surface area (Å²) in [5.74, 6) is 0.892. The smallest absolute Gasteiger partial charge is 0.338 e. The van der Waals surface area contributed by atoms with Crippen molar-refractivity contribution in [3.63, 3.8) is 0 Å². The van der Waals surface area contributed by atoms with Crippen LogP contribution in [0.15, 0.2) is 28.8 Å². The van der Waals surface area contributed by atoms with Gasteiger partial charge in [0.1, 0.15) is 17.0 Å². The third kappa shape index (κ3) is 3.05. The lowest BCUT2D eigenvalue weighted by Crippen LogP contribution is -2.04. The van der Waals surface area contributed by atoms with Crippen molar-refractivity contribution in [2.75, 3.05) is 11.9 Å². The van der Waals surface area contributed by atoms with Gasteiger partial charge in [-0.05, 0) is 44.5 Å². The number of aryl methyl sites for hydroxylation is 2. The summed E-state index contributed by atoms with van der Waals surface area (Å²) in [6.07, 6.45) is 0.718. The van der Waals surface area contributed by atoms with E-state index in [9.17, 15) is 4.79 Å². The highest BCUT2D eigenvalue weighted by Crippen LogP contribution is 2.27. The van der Waals surface area contributed by atoms with Crippen molar-refractivity contribution in [2.24, 2.45) is 0 Å². The van der Waals surface area contributed by atoms with Gasteiger partial charge < -0.3 is 14.6 Å². The Bertz CT molecular complexity index is 871. The molecule has 0 spiro atoms. The number of esters is 1. The van der Waals surface area contributed by atoms with Gasteiger partial charge >= 0.3 is 5.97 Å². The molecule has 0 saturated heterocycles. The van der Waals surface area contributed by atoms with Crippen LogP contribution in [0.5, 0.6) is 0 Å². The Labute approximate surface area is 139 Å². The van der Waals surface area contributed by atoms with E-state index in [2.05, 4.69) is 20.4 Å². The SMILES string of the molecule is CCOC(=O)c1ccc(Nc2nc(C)nc3onc(CC)c23)cc1. The molecule has 0 amide bonds. The van der Waals surface area contributed by atoms with Crippen molar-refractivity contribution in [1.29, 1.82) is 0 Å². The van der Waals surface area contributed by atoms with E-state index in [1.807, 2.05) is 6.92 Å². The van der Waals surface area contributed by atoms with Gasteiger partial charge in [0.15, 0.2) is 0 Å². The van der Waals surface area contributed by atoms with Gasteiger partial charge in [-0.3, -0.25) is 0 Å². The number of benzene rings is 1. The largest absolute Gasteiger partial charge is 0.462 e. The molecule has 3 aromatic rings. The molecule has 2 heterocycles. The molecular weight excluding hydrogens is 308 g/mol.